The molecule has 0 aromatic heterocycles. The van der Waals surface area contributed by atoms with E-state index in [9.17, 15) is 0 Å². The molecule has 0 aliphatic rings. The van der Waals surface area contributed by atoms with E-state index in [1.165, 1.54) is 11.1 Å². The Morgan fingerprint density at radius 3 is 2.00 bits per heavy atom. The van der Waals surface area contributed by atoms with Crippen LogP contribution in [-0.2, 0) is 0 Å². The summed E-state index contributed by atoms with van der Waals surface area (Å²) in [6, 6.07) is 0. The van der Waals surface area contributed by atoms with E-state index in [2.05, 4.69) is 31.7 Å². The third-order valence-corrected chi connectivity index (χ3v) is 2.20. The zero-order valence-corrected chi connectivity index (χ0v) is 10.2. The van der Waals surface area contributed by atoms with E-state index < -0.39 is 0 Å². The summed E-state index contributed by atoms with van der Waals surface area (Å²) < 4.78 is 0. The Balaban J connectivity index is 4.85. The van der Waals surface area contributed by atoms with Gasteiger partial charge in [0.05, 0.1) is 0 Å². The molecule has 0 fully saturated rings. The van der Waals surface area contributed by atoms with Crippen molar-refractivity contribution < 1.29 is 0 Å². The first-order valence-electron chi connectivity index (χ1n) is 5.12. The molecule has 0 aromatic rings. The maximum Gasteiger partial charge on any atom is 0.113 e. The predicted molar refractivity (Wildman–Crippen MR) is 71.0 cm³/mol. The van der Waals surface area contributed by atoms with Crippen LogP contribution in [0, 0.1) is 0 Å². The number of rotatable bonds is 4. The molecule has 0 aromatic carbocycles. The Labute approximate surface area is 95.2 Å². The van der Waals surface area contributed by atoms with Crippen molar-refractivity contribution in [3.8, 4) is 0 Å². The van der Waals surface area contributed by atoms with Gasteiger partial charge in [0.25, 0.3) is 0 Å². The molecule has 0 bridgehead atoms. The van der Waals surface area contributed by atoms with Crippen molar-refractivity contribution in [1.29, 1.82) is 0 Å². The zero-order valence-electron chi connectivity index (χ0n) is 10.2. The van der Waals surface area contributed by atoms with Crippen LogP contribution < -0.4 is 0 Å². The molecule has 0 heterocycles. The molecule has 1 heteroatoms. The molecule has 0 amide bonds. The van der Waals surface area contributed by atoms with Gasteiger partial charge in [-0.1, -0.05) is 36.0 Å². The van der Waals surface area contributed by atoms with E-state index in [4.69, 9.17) is 7.85 Å². The highest BCUT2D eigenvalue weighted by atomic mass is 14.0. The van der Waals surface area contributed by atoms with Gasteiger partial charge in [0.2, 0.25) is 0 Å². The SMILES string of the molecule is [B]C(=C)\C(C)=C/C=C(C)/C(/C=C/C)=C/C. The fraction of sp³-hybridized carbons (Fsp3) is 0.286. The molecule has 0 spiro atoms. The summed E-state index contributed by atoms with van der Waals surface area (Å²) >= 11 is 0. The predicted octanol–water partition coefficient (Wildman–Crippen LogP) is 4.08. The molecule has 2 radical (unpaired) electrons. The van der Waals surface area contributed by atoms with Crippen LogP contribution in [-0.4, -0.2) is 7.85 Å². The molecule has 0 atom stereocenters. The van der Waals surface area contributed by atoms with Crippen molar-refractivity contribution in [2.75, 3.05) is 0 Å². The Bertz CT molecular complexity index is 338. The highest BCUT2D eigenvalue weighted by molar-refractivity contribution is 6.23. The van der Waals surface area contributed by atoms with Gasteiger partial charge in [-0.05, 0) is 38.8 Å². The molecular formula is C14H19B. The third kappa shape index (κ3) is 5.26. The van der Waals surface area contributed by atoms with Gasteiger partial charge >= 0.3 is 0 Å². The maximum absolute atomic E-state index is 5.57. The summed E-state index contributed by atoms with van der Waals surface area (Å²) in [5.41, 5.74) is 4.07. The summed E-state index contributed by atoms with van der Waals surface area (Å²) in [6.45, 7) is 11.8. The van der Waals surface area contributed by atoms with E-state index in [0.29, 0.717) is 5.47 Å². The molecule has 78 valence electrons. The van der Waals surface area contributed by atoms with Crippen molar-refractivity contribution in [2.24, 2.45) is 0 Å². The summed E-state index contributed by atoms with van der Waals surface area (Å²) in [5, 5.41) is 0. The average molecular weight is 198 g/mol. The second-order valence-corrected chi connectivity index (χ2v) is 3.47. The minimum absolute atomic E-state index is 0.618. The van der Waals surface area contributed by atoms with Crippen molar-refractivity contribution in [3.05, 3.63) is 59.2 Å². The average Bonchev–Trinajstić information content (AvgIpc) is 2.21. The highest BCUT2D eigenvalue weighted by Gasteiger charge is 1.92. The lowest BCUT2D eigenvalue weighted by Gasteiger charge is -2.01. The molecule has 15 heavy (non-hydrogen) atoms. The standard InChI is InChI=1S/C14H19B/c1-6-8-14(7-2)12(4)10-9-11(3)13(5)15/h6-10H,5H2,1-4H3/b8-6+,11-9-,12-10+,14-7+. The van der Waals surface area contributed by atoms with Crippen molar-refractivity contribution >= 4 is 7.85 Å². The Morgan fingerprint density at radius 2 is 1.60 bits per heavy atom. The first-order chi connectivity index (χ1) is 7.02. The highest BCUT2D eigenvalue weighted by Crippen LogP contribution is 2.12. The first kappa shape index (κ1) is 13.8. The van der Waals surface area contributed by atoms with Gasteiger partial charge in [0, 0.05) is 0 Å². The molecule has 0 unspecified atom stereocenters. The smallest absolute Gasteiger partial charge is 0.106 e. The first-order valence-corrected chi connectivity index (χ1v) is 5.12. The van der Waals surface area contributed by atoms with E-state index in [-0.39, 0.29) is 0 Å². The van der Waals surface area contributed by atoms with Gasteiger partial charge in [-0.2, -0.15) is 0 Å². The number of hydrogen-bond acceptors (Lipinski definition) is 0. The fourth-order valence-corrected chi connectivity index (χ4v) is 1.09. The largest absolute Gasteiger partial charge is 0.113 e. The molecule has 0 aliphatic heterocycles. The zero-order chi connectivity index (χ0) is 11.8. The van der Waals surface area contributed by atoms with Gasteiger partial charge in [-0.3, -0.25) is 0 Å². The van der Waals surface area contributed by atoms with Gasteiger partial charge in [0.15, 0.2) is 0 Å². The van der Waals surface area contributed by atoms with Gasteiger partial charge in [0.1, 0.15) is 7.85 Å². The molecular weight excluding hydrogens is 179 g/mol. The second kappa shape index (κ2) is 7.11. The van der Waals surface area contributed by atoms with E-state index in [0.717, 1.165) is 5.57 Å². The summed E-state index contributed by atoms with van der Waals surface area (Å²) in [4.78, 5) is 0. The Hall–Kier alpha value is -1.24. The lowest BCUT2D eigenvalue weighted by molar-refractivity contribution is 1.39. The van der Waals surface area contributed by atoms with E-state index in [1.54, 1.807) is 0 Å². The minimum atomic E-state index is 0.618. The number of hydrogen-bond donors (Lipinski definition) is 0. The van der Waals surface area contributed by atoms with Crippen LogP contribution in [0.1, 0.15) is 27.7 Å². The van der Waals surface area contributed by atoms with Crippen LogP contribution in [0.15, 0.2) is 59.2 Å². The second-order valence-electron chi connectivity index (χ2n) is 3.47. The van der Waals surface area contributed by atoms with Crippen molar-refractivity contribution in [2.45, 2.75) is 27.7 Å². The Kier molecular flexibility index (Phi) is 6.52. The summed E-state index contributed by atoms with van der Waals surface area (Å²) in [5.74, 6) is 0. The number of allylic oxidation sites excluding steroid dienone is 9. The van der Waals surface area contributed by atoms with Crippen LogP contribution in [0.3, 0.4) is 0 Å². The normalized spacial score (nSPS) is 14.8. The van der Waals surface area contributed by atoms with Gasteiger partial charge < -0.3 is 0 Å². The van der Waals surface area contributed by atoms with Crippen LogP contribution in [0.5, 0.6) is 0 Å². The maximum atomic E-state index is 5.57. The molecule has 0 saturated heterocycles. The van der Waals surface area contributed by atoms with E-state index in [1.807, 2.05) is 32.9 Å². The summed E-state index contributed by atoms with van der Waals surface area (Å²) in [6.07, 6.45) is 10.3. The Morgan fingerprint density at radius 1 is 1.07 bits per heavy atom. The lowest BCUT2D eigenvalue weighted by Crippen LogP contribution is -1.83. The summed E-state index contributed by atoms with van der Waals surface area (Å²) in [7, 11) is 5.57. The van der Waals surface area contributed by atoms with Crippen molar-refractivity contribution in [3.63, 3.8) is 0 Å². The molecule has 0 aliphatic carbocycles. The minimum Gasteiger partial charge on any atom is -0.106 e. The van der Waals surface area contributed by atoms with Crippen molar-refractivity contribution in [1.82, 2.24) is 0 Å². The van der Waals surface area contributed by atoms with Crippen LogP contribution in [0.25, 0.3) is 0 Å². The topological polar surface area (TPSA) is 0 Å². The molecule has 0 nitrogen and oxygen atoms in total. The molecule has 0 saturated carbocycles. The van der Waals surface area contributed by atoms with Gasteiger partial charge in [-0.15, -0.1) is 12.1 Å². The van der Waals surface area contributed by atoms with Gasteiger partial charge in [-0.25, -0.2) is 0 Å². The monoisotopic (exact) mass is 198 g/mol. The third-order valence-electron chi connectivity index (χ3n) is 2.20. The lowest BCUT2D eigenvalue weighted by atomic mass is 9.90. The van der Waals surface area contributed by atoms with Crippen LogP contribution in [0.4, 0.5) is 0 Å². The fourth-order valence-electron chi connectivity index (χ4n) is 1.09. The molecule has 0 N–H and O–H groups in total. The van der Waals surface area contributed by atoms with E-state index >= 15 is 0 Å². The quantitative estimate of drug-likeness (QED) is 0.471. The van der Waals surface area contributed by atoms with Crippen LogP contribution >= 0.6 is 0 Å². The van der Waals surface area contributed by atoms with Crippen LogP contribution in [0.2, 0.25) is 0 Å². The molecule has 0 rings (SSSR count).